The number of hydrogen-bond acceptors (Lipinski definition) is 9. The lowest BCUT2D eigenvalue weighted by Gasteiger charge is -2.33. The highest BCUT2D eigenvalue weighted by atomic mass is 16.5. The number of guanidine groups is 1. The number of nitrogens with zero attached hydrogens (tertiary/aromatic N) is 2. The van der Waals surface area contributed by atoms with Crippen molar-refractivity contribution in [2.24, 2.45) is 33.5 Å². The fourth-order valence-corrected chi connectivity index (χ4v) is 7.49. The molecule has 2 aliphatic heterocycles. The summed E-state index contributed by atoms with van der Waals surface area (Å²) in [6.45, 7) is 6.13. The first-order valence-corrected chi connectivity index (χ1v) is 19.9. The summed E-state index contributed by atoms with van der Waals surface area (Å²) in [6.07, 6.45) is 6.34. The standard InChI is InChI=1S/C39H61N9O8/c1-39(2,3)32(33(40)50)47-35(52)27(15-8-19-43-38(41)42)44-34(51)28-18-22-56-26-14-7-13-25(23-26)55-21-10-17-30(49)48-20-9-16-29(48)36(53)46-31(37(54)45-28)24-11-5-4-6-12-24/h7,13-14,23-24,27-29,31-32H,4-6,8-12,15-22H2,1-3H3,(H2,40,50)(H,44,51)(H,45,54)(H,46,53)(H,47,52)(H4,41,42,43)/t27-,28-,29-,31?,32+/m0/s1. The van der Waals surface area contributed by atoms with E-state index in [-0.39, 0.29) is 56.8 Å². The first-order valence-electron chi connectivity index (χ1n) is 19.9. The predicted octanol–water partition coefficient (Wildman–Crippen LogP) is 0.724. The van der Waals surface area contributed by atoms with Crippen molar-refractivity contribution < 1.29 is 38.2 Å². The summed E-state index contributed by atoms with van der Waals surface area (Å²) in [5.74, 6) is -2.51. The number of ether oxygens (including phenoxy) is 2. The van der Waals surface area contributed by atoms with Gasteiger partial charge in [-0.1, -0.05) is 46.1 Å². The fraction of sp³-hybridized carbons (Fsp3) is 0.667. The third kappa shape index (κ3) is 13.0. The van der Waals surface area contributed by atoms with Gasteiger partial charge in [-0.25, -0.2) is 0 Å². The SMILES string of the molecule is CC(C)(C)[C@H](NC(=O)[C@H](CCCN=C(N)N)NC(=O)[C@@H]1CCOc2cccc(c2)OCCCC(=O)N2CCC[C@H]2C(=O)NC(C2CCCCC2)C(=O)N1)C(N)=O. The van der Waals surface area contributed by atoms with Gasteiger partial charge >= 0.3 is 0 Å². The Morgan fingerprint density at radius 2 is 1.59 bits per heavy atom. The summed E-state index contributed by atoms with van der Waals surface area (Å²) in [4.78, 5) is 87.3. The number of nitrogens with two attached hydrogens (primary N) is 3. The number of hydrogen-bond donors (Lipinski definition) is 7. The Bertz CT molecular complexity index is 1570. The van der Waals surface area contributed by atoms with E-state index >= 15 is 0 Å². The Morgan fingerprint density at radius 3 is 2.25 bits per heavy atom. The second-order valence-electron chi connectivity index (χ2n) is 16.0. The lowest BCUT2D eigenvalue weighted by molar-refractivity contribution is -0.140. The molecule has 1 saturated carbocycles. The molecule has 1 aromatic rings. The van der Waals surface area contributed by atoms with Crippen molar-refractivity contribution in [3.05, 3.63) is 24.3 Å². The second kappa shape index (κ2) is 20.7. The minimum absolute atomic E-state index is 0.00681. The molecule has 4 rings (SSSR count). The summed E-state index contributed by atoms with van der Waals surface area (Å²) in [7, 11) is 0. The van der Waals surface area contributed by atoms with Crippen LogP contribution in [0.4, 0.5) is 0 Å². The highest BCUT2D eigenvalue weighted by Crippen LogP contribution is 2.28. The molecule has 17 heteroatoms. The molecule has 3 aliphatic rings. The van der Waals surface area contributed by atoms with Gasteiger partial charge in [0.05, 0.1) is 13.2 Å². The number of amides is 6. The van der Waals surface area contributed by atoms with Crippen molar-refractivity contribution in [3.63, 3.8) is 0 Å². The molecule has 56 heavy (non-hydrogen) atoms. The first-order chi connectivity index (χ1) is 26.6. The Labute approximate surface area is 329 Å². The van der Waals surface area contributed by atoms with Crippen LogP contribution in [0.5, 0.6) is 11.5 Å². The van der Waals surface area contributed by atoms with E-state index in [0.29, 0.717) is 56.6 Å². The molecular formula is C39H61N9O8. The van der Waals surface area contributed by atoms with E-state index in [9.17, 15) is 28.8 Å². The molecule has 310 valence electrons. The number of rotatable bonds is 10. The number of carbonyl (C=O) groups excluding carboxylic acids is 6. The van der Waals surface area contributed by atoms with Crippen molar-refractivity contribution >= 4 is 41.4 Å². The zero-order valence-corrected chi connectivity index (χ0v) is 33.0. The number of fused-ring (bicyclic) bond motifs is 3. The summed E-state index contributed by atoms with van der Waals surface area (Å²) >= 11 is 0. The van der Waals surface area contributed by atoms with E-state index in [2.05, 4.69) is 26.3 Å². The van der Waals surface area contributed by atoms with Crippen LogP contribution >= 0.6 is 0 Å². The van der Waals surface area contributed by atoms with Gasteiger partial charge in [-0.05, 0) is 68.4 Å². The van der Waals surface area contributed by atoms with Gasteiger partial charge in [0.1, 0.15) is 41.7 Å². The van der Waals surface area contributed by atoms with Crippen LogP contribution in [0.3, 0.4) is 0 Å². The molecule has 1 unspecified atom stereocenters. The largest absolute Gasteiger partial charge is 0.493 e. The number of primary amides is 1. The summed E-state index contributed by atoms with van der Waals surface area (Å²) in [6, 6.07) is 1.84. The van der Waals surface area contributed by atoms with Crippen LogP contribution in [-0.4, -0.2) is 103 Å². The maximum absolute atomic E-state index is 14.3. The highest BCUT2D eigenvalue weighted by Gasteiger charge is 2.40. The van der Waals surface area contributed by atoms with Crippen LogP contribution in [-0.2, 0) is 28.8 Å². The third-order valence-electron chi connectivity index (χ3n) is 10.5. The van der Waals surface area contributed by atoms with Gasteiger partial charge in [-0.3, -0.25) is 33.8 Å². The fourth-order valence-electron chi connectivity index (χ4n) is 7.49. The predicted molar refractivity (Wildman–Crippen MR) is 209 cm³/mol. The monoisotopic (exact) mass is 783 g/mol. The Hall–Kier alpha value is -5.09. The van der Waals surface area contributed by atoms with Gasteiger partial charge in [0, 0.05) is 32.0 Å². The Balaban J connectivity index is 1.64. The van der Waals surface area contributed by atoms with Crippen LogP contribution in [0.15, 0.2) is 29.3 Å². The molecule has 1 saturated heterocycles. The smallest absolute Gasteiger partial charge is 0.243 e. The van der Waals surface area contributed by atoms with Gasteiger partial charge < -0.3 is 52.8 Å². The van der Waals surface area contributed by atoms with Crippen LogP contribution in [0.1, 0.15) is 97.8 Å². The van der Waals surface area contributed by atoms with E-state index in [1.807, 2.05) is 0 Å². The molecule has 17 nitrogen and oxygen atoms in total. The van der Waals surface area contributed by atoms with Gasteiger partial charge in [-0.15, -0.1) is 0 Å². The maximum atomic E-state index is 14.3. The molecule has 2 bridgehead atoms. The molecule has 2 fully saturated rings. The zero-order valence-electron chi connectivity index (χ0n) is 33.0. The Kier molecular flexibility index (Phi) is 16.1. The van der Waals surface area contributed by atoms with E-state index in [0.717, 1.165) is 19.3 Å². The minimum Gasteiger partial charge on any atom is -0.493 e. The quantitative estimate of drug-likeness (QED) is 0.0994. The molecule has 10 N–H and O–H groups in total. The Morgan fingerprint density at radius 1 is 0.893 bits per heavy atom. The van der Waals surface area contributed by atoms with Gasteiger partial charge in [0.15, 0.2) is 5.96 Å². The van der Waals surface area contributed by atoms with Gasteiger partial charge in [0.2, 0.25) is 35.4 Å². The maximum Gasteiger partial charge on any atom is 0.243 e. The van der Waals surface area contributed by atoms with Crippen molar-refractivity contribution in [3.8, 4) is 11.5 Å². The van der Waals surface area contributed by atoms with Crippen LogP contribution < -0.4 is 47.9 Å². The molecule has 6 amide bonds. The minimum atomic E-state index is -1.21. The van der Waals surface area contributed by atoms with Crippen LogP contribution in [0, 0.1) is 11.3 Å². The van der Waals surface area contributed by atoms with Crippen molar-refractivity contribution in [1.29, 1.82) is 0 Å². The molecule has 0 radical (unpaired) electrons. The third-order valence-corrected chi connectivity index (χ3v) is 10.5. The van der Waals surface area contributed by atoms with Gasteiger partial charge in [-0.2, -0.15) is 0 Å². The first kappa shape index (κ1) is 43.6. The van der Waals surface area contributed by atoms with Crippen LogP contribution in [0.2, 0.25) is 0 Å². The summed E-state index contributed by atoms with van der Waals surface area (Å²) in [5, 5.41) is 11.3. The lowest BCUT2D eigenvalue weighted by atomic mass is 9.83. The molecule has 1 aromatic carbocycles. The number of carbonyl (C=O) groups is 6. The molecule has 1 aliphatic carbocycles. The number of benzene rings is 1. The van der Waals surface area contributed by atoms with Crippen molar-refractivity contribution in [2.45, 2.75) is 128 Å². The van der Waals surface area contributed by atoms with Gasteiger partial charge in [0.25, 0.3) is 0 Å². The lowest BCUT2D eigenvalue weighted by Crippen LogP contribution is -2.61. The second-order valence-corrected chi connectivity index (χ2v) is 16.0. The normalized spacial score (nSPS) is 22.9. The molecule has 2 heterocycles. The number of aliphatic imine (C=N–C) groups is 1. The average molecular weight is 784 g/mol. The summed E-state index contributed by atoms with van der Waals surface area (Å²) in [5.41, 5.74) is 15.9. The molecule has 5 atom stereocenters. The van der Waals surface area contributed by atoms with E-state index in [4.69, 9.17) is 26.7 Å². The molecular weight excluding hydrogens is 722 g/mol. The van der Waals surface area contributed by atoms with Crippen molar-refractivity contribution in [1.82, 2.24) is 26.2 Å². The average Bonchev–Trinajstić information content (AvgIpc) is 3.65. The highest BCUT2D eigenvalue weighted by molar-refractivity contribution is 5.96. The van der Waals surface area contributed by atoms with E-state index in [1.54, 1.807) is 49.9 Å². The van der Waals surface area contributed by atoms with E-state index in [1.165, 1.54) is 0 Å². The molecule has 0 aromatic heterocycles. The number of nitrogens with one attached hydrogen (secondary N) is 4. The molecule has 0 spiro atoms. The zero-order chi connectivity index (χ0) is 40.8. The summed E-state index contributed by atoms with van der Waals surface area (Å²) < 4.78 is 11.9. The topological polar surface area (TPSA) is 263 Å². The van der Waals surface area contributed by atoms with Crippen molar-refractivity contribution in [2.75, 3.05) is 26.3 Å². The van der Waals surface area contributed by atoms with Crippen LogP contribution in [0.25, 0.3) is 0 Å². The van der Waals surface area contributed by atoms with E-state index < -0.39 is 65.2 Å².